The Morgan fingerprint density at radius 1 is 1.03 bits per heavy atom. The molecule has 0 saturated heterocycles. The molecule has 1 atom stereocenters. The van der Waals surface area contributed by atoms with E-state index in [0.29, 0.717) is 17.3 Å². The SMILES string of the molecule is C=NN(C(=NCc1ccccc1CSC(F)(F)F)C1=CCC(C)C=C1CC)c1ccc2ccccc2c1. The van der Waals surface area contributed by atoms with E-state index >= 15 is 0 Å². The van der Waals surface area contributed by atoms with Gasteiger partial charge in [0, 0.05) is 18.0 Å². The number of aliphatic imine (C=N–C) groups is 1. The van der Waals surface area contributed by atoms with Crippen LogP contribution in [-0.2, 0) is 12.3 Å². The van der Waals surface area contributed by atoms with Crippen molar-refractivity contribution < 1.29 is 13.2 Å². The number of allylic oxidation sites excluding steroid dienone is 2. The average Bonchev–Trinajstić information content (AvgIpc) is 2.89. The van der Waals surface area contributed by atoms with E-state index in [1.165, 1.54) is 5.57 Å². The minimum atomic E-state index is -4.29. The van der Waals surface area contributed by atoms with Crippen LogP contribution in [0, 0.1) is 5.92 Å². The molecule has 3 aromatic carbocycles. The number of fused-ring (bicyclic) bond motifs is 1. The Labute approximate surface area is 220 Å². The molecule has 0 aromatic heterocycles. The van der Waals surface area contributed by atoms with Crippen molar-refractivity contribution in [1.29, 1.82) is 0 Å². The molecule has 0 radical (unpaired) electrons. The van der Waals surface area contributed by atoms with Gasteiger partial charge in [-0.15, -0.1) is 0 Å². The monoisotopic (exact) mass is 521 g/mol. The zero-order valence-corrected chi connectivity index (χ0v) is 21.8. The third-order valence-electron chi connectivity index (χ3n) is 6.38. The first-order valence-electron chi connectivity index (χ1n) is 12.3. The van der Waals surface area contributed by atoms with Gasteiger partial charge in [-0.05, 0) is 70.1 Å². The Hall–Kier alpha value is -3.32. The van der Waals surface area contributed by atoms with Crippen molar-refractivity contribution in [2.45, 2.75) is 44.5 Å². The number of thioether (sulfide) groups is 1. The number of hydrazone groups is 1. The number of amidine groups is 1. The summed E-state index contributed by atoms with van der Waals surface area (Å²) in [5.41, 5.74) is 0.0748. The summed E-state index contributed by atoms with van der Waals surface area (Å²) in [5, 5.41) is 8.29. The maximum absolute atomic E-state index is 12.9. The van der Waals surface area contributed by atoms with Gasteiger partial charge in [-0.3, -0.25) is 4.99 Å². The summed E-state index contributed by atoms with van der Waals surface area (Å²) in [4.78, 5) is 4.98. The van der Waals surface area contributed by atoms with Gasteiger partial charge in [-0.1, -0.05) is 80.6 Å². The Kier molecular flexibility index (Phi) is 8.54. The van der Waals surface area contributed by atoms with Crippen molar-refractivity contribution >= 4 is 40.8 Å². The second-order valence-electron chi connectivity index (χ2n) is 9.00. The van der Waals surface area contributed by atoms with Crippen LogP contribution in [0.1, 0.15) is 37.8 Å². The first-order valence-corrected chi connectivity index (χ1v) is 13.3. The quantitative estimate of drug-likeness (QED) is 0.168. The van der Waals surface area contributed by atoms with Crippen molar-refractivity contribution in [3.05, 3.63) is 101 Å². The number of alkyl halides is 3. The molecule has 1 aliphatic rings. The van der Waals surface area contributed by atoms with Crippen LogP contribution < -0.4 is 5.01 Å². The minimum absolute atomic E-state index is 0.0317. The van der Waals surface area contributed by atoms with Gasteiger partial charge < -0.3 is 0 Å². The third-order valence-corrected chi connectivity index (χ3v) is 7.16. The number of hydrogen-bond acceptors (Lipinski definition) is 3. The highest BCUT2D eigenvalue weighted by Crippen LogP contribution is 2.34. The van der Waals surface area contributed by atoms with Crippen molar-refractivity contribution in [3.8, 4) is 0 Å². The summed E-state index contributed by atoms with van der Waals surface area (Å²) >= 11 is -0.0317. The second-order valence-corrected chi connectivity index (χ2v) is 10.0. The Bertz CT molecular complexity index is 1360. The van der Waals surface area contributed by atoms with Gasteiger partial charge in [0.15, 0.2) is 5.84 Å². The van der Waals surface area contributed by atoms with Gasteiger partial charge in [-0.2, -0.15) is 18.3 Å². The third kappa shape index (κ3) is 6.72. The molecule has 1 unspecified atom stereocenters. The largest absolute Gasteiger partial charge is 0.442 e. The molecule has 3 aromatic rings. The topological polar surface area (TPSA) is 28.0 Å². The van der Waals surface area contributed by atoms with Gasteiger partial charge in [0.2, 0.25) is 0 Å². The molecule has 1 aliphatic carbocycles. The molecule has 3 nitrogen and oxygen atoms in total. The molecule has 0 spiro atoms. The second kappa shape index (κ2) is 11.8. The highest BCUT2D eigenvalue weighted by molar-refractivity contribution is 7.99. The fourth-order valence-electron chi connectivity index (χ4n) is 4.50. The molecule has 0 amide bonds. The predicted octanol–water partition coefficient (Wildman–Crippen LogP) is 8.92. The number of nitrogens with zero attached hydrogens (tertiary/aromatic N) is 3. The summed E-state index contributed by atoms with van der Waals surface area (Å²) in [6.07, 6.45) is 6.16. The summed E-state index contributed by atoms with van der Waals surface area (Å²) < 4.78 is 38.7. The van der Waals surface area contributed by atoms with Crippen LogP contribution >= 0.6 is 11.8 Å². The molecule has 192 valence electrons. The van der Waals surface area contributed by atoms with Crippen LogP contribution in [0.25, 0.3) is 10.8 Å². The van der Waals surface area contributed by atoms with E-state index < -0.39 is 5.51 Å². The van der Waals surface area contributed by atoms with Crippen molar-refractivity contribution in [3.63, 3.8) is 0 Å². The zero-order chi connectivity index (χ0) is 26.4. The van der Waals surface area contributed by atoms with E-state index in [-0.39, 0.29) is 24.1 Å². The van der Waals surface area contributed by atoms with Gasteiger partial charge in [-0.25, -0.2) is 5.01 Å². The van der Waals surface area contributed by atoms with Crippen LogP contribution in [0.2, 0.25) is 0 Å². The predicted molar refractivity (Wildman–Crippen MR) is 151 cm³/mol. The number of halogens is 3. The summed E-state index contributed by atoms with van der Waals surface area (Å²) in [6.45, 7) is 8.37. The summed E-state index contributed by atoms with van der Waals surface area (Å²) in [6, 6.07) is 21.3. The van der Waals surface area contributed by atoms with E-state index in [0.717, 1.165) is 40.4 Å². The van der Waals surface area contributed by atoms with Crippen LogP contribution in [-0.4, -0.2) is 18.1 Å². The normalized spacial score (nSPS) is 16.4. The van der Waals surface area contributed by atoms with E-state index in [1.54, 1.807) is 17.1 Å². The lowest BCUT2D eigenvalue weighted by Gasteiger charge is -2.27. The first kappa shape index (κ1) is 26.7. The van der Waals surface area contributed by atoms with E-state index in [2.05, 4.69) is 50.0 Å². The van der Waals surface area contributed by atoms with E-state index in [4.69, 9.17) is 4.99 Å². The van der Waals surface area contributed by atoms with Crippen LogP contribution in [0.5, 0.6) is 0 Å². The lowest BCUT2D eigenvalue weighted by molar-refractivity contribution is -0.0329. The molecular weight excluding hydrogens is 491 g/mol. The van der Waals surface area contributed by atoms with E-state index in [9.17, 15) is 13.2 Å². The number of anilines is 1. The van der Waals surface area contributed by atoms with Gasteiger partial charge in [0.1, 0.15) is 0 Å². The van der Waals surface area contributed by atoms with E-state index in [1.807, 2.05) is 42.5 Å². The molecule has 37 heavy (non-hydrogen) atoms. The Morgan fingerprint density at radius 2 is 1.73 bits per heavy atom. The van der Waals surface area contributed by atoms with Crippen molar-refractivity contribution in [2.75, 3.05) is 5.01 Å². The Balaban J connectivity index is 1.76. The molecule has 7 heteroatoms. The lowest BCUT2D eigenvalue weighted by atomic mass is 9.89. The highest BCUT2D eigenvalue weighted by Gasteiger charge is 2.28. The molecule has 0 N–H and O–H groups in total. The van der Waals surface area contributed by atoms with Crippen molar-refractivity contribution in [2.24, 2.45) is 16.0 Å². The number of benzene rings is 3. The lowest BCUT2D eigenvalue weighted by Crippen LogP contribution is -2.29. The Morgan fingerprint density at radius 3 is 2.43 bits per heavy atom. The molecule has 4 rings (SSSR count). The zero-order valence-electron chi connectivity index (χ0n) is 21.0. The molecule has 0 fully saturated rings. The standard InChI is InChI=1S/C30H30F3N3S/c1-4-22-17-21(2)13-16-28(22)29(35-19-25-11-7-8-12-26(25)20-37-30(31,32)33)36(34-3)27-15-14-23-9-5-6-10-24(23)18-27/h5-12,14-18,21H,3-4,13,19-20H2,1-2H3. The average molecular weight is 522 g/mol. The highest BCUT2D eigenvalue weighted by atomic mass is 32.2. The minimum Gasteiger partial charge on any atom is -0.261 e. The summed E-state index contributed by atoms with van der Waals surface area (Å²) in [7, 11) is 0. The first-order chi connectivity index (χ1) is 17.8. The van der Waals surface area contributed by atoms with Crippen molar-refractivity contribution in [1.82, 2.24) is 0 Å². The molecular formula is C30H30F3N3S. The molecule has 0 saturated carbocycles. The maximum atomic E-state index is 12.9. The maximum Gasteiger partial charge on any atom is 0.442 e. The van der Waals surface area contributed by atoms with Gasteiger partial charge in [0.25, 0.3) is 0 Å². The fraction of sp³-hybridized carbons (Fsp3) is 0.267. The molecule has 0 bridgehead atoms. The van der Waals surface area contributed by atoms with Crippen LogP contribution in [0.4, 0.5) is 18.9 Å². The number of rotatable bonds is 8. The number of hydrogen-bond donors (Lipinski definition) is 0. The molecule has 0 heterocycles. The van der Waals surface area contributed by atoms with Crippen LogP contribution in [0.3, 0.4) is 0 Å². The van der Waals surface area contributed by atoms with Crippen LogP contribution in [0.15, 0.2) is 100 Å². The van der Waals surface area contributed by atoms with Gasteiger partial charge >= 0.3 is 5.51 Å². The fourth-order valence-corrected chi connectivity index (χ4v) is 5.10. The summed E-state index contributed by atoms with van der Waals surface area (Å²) in [5.74, 6) is 0.910. The smallest absolute Gasteiger partial charge is 0.261 e. The molecule has 0 aliphatic heterocycles. The van der Waals surface area contributed by atoms with Gasteiger partial charge in [0.05, 0.1) is 12.2 Å².